The second kappa shape index (κ2) is 6.11. The Morgan fingerprint density at radius 2 is 1.95 bits per heavy atom. The average Bonchev–Trinajstić information content (AvgIpc) is 2.46. The van der Waals surface area contributed by atoms with E-state index < -0.39 is 4.92 Å². The van der Waals surface area contributed by atoms with Gasteiger partial charge in [-0.05, 0) is 39.2 Å². The van der Waals surface area contributed by atoms with E-state index in [0.29, 0.717) is 11.3 Å². The molecule has 6 nitrogen and oxygen atoms in total. The summed E-state index contributed by atoms with van der Waals surface area (Å²) in [4.78, 5) is 25.2. The van der Waals surface area contributed by atoms with Gasteiger partial charge in [0.15, 0.2) is 0 Å². The van der Waals surface area contributed by atoms with Crippen molar-refractivity contribution < 1.29 is 9.72 Å². The van der Waals surface area contributed by atoms with Gasteiger partial charge in [-0.1, -0.05) is 0 Å². The highest BCUT2D eigenvalue weighted by Gasteiger charge is 2.31. The molecule has 0 radical (unpaired) electrons. The molecule has 0 spiro atoms. The number of anilines is 1. The molecule has 1 amide bonds. The molecule has 1 aromatic carbocycles. The fourth-order valence-electron chi connectivity index (χ4n) is 3.00. The molecule has 0 bridgehead atoms. The number of rotatable bonds is 3. The first kappa shape index (κ1) is 15.3. The minimum atomic E-state index is -0.473. The number of likely N-dealkylation sites (tertiary alicyclic amines) is 1. The Morgan fingerprint density at radius 3 is 2.48 bits per heavy atom. The van der Waals surface area contributed by atoms with E-state index in [0.717, 1.165) is 19.3 Å². The molecule has 1 aliphatic rings. The molecule has 0 saturated carbocycles. The van der Waals surface area contributed by atoms with Crippen LogP contribution in [0.4, 0.5) is 11.4 Å². The molecule has 114 valence electrons. The molecule has 1 saturated heterocycles. The summed E-state index contributed by atoms with van der Waals surface area (Å²) in [5, 5.41) is 13.9. The smallest absolute Gasteiger partial charge is 0.270 e. The van der Waals surface area contributed by atoms with Gasteiger partial charge in [0.25, 0.3) is 11.6 Å². The number of carbonyl (C=O) groups is 1. The molecule has 6 heteroatoms. The Bertz CT molecular complexity index is 549. The molecule has 1 aliphatic heterocycles. The second-order valence-corrected chi connectivity index (χ2v) is 5.58. The third-order valence-electron chi connectivity index (χ3n) is 4.14. The summed E-state index contributed by atoms with van der Waals surface area (Å²) in [6, 6.07) is 4.67. The Kier molecular flexibility index (Phi) is 4.45. The lowest BCUT2D eigenvalue weighted by Gasteiger charge is -2.39. The molecule has 2 rings (SSSR count). The van der Waals surface area contributed by atoms with Gasteiger partial charge >= 0.3 is 0 Å². The molecule has 2 unspecified atom stereocenters. The summed E-state index contributed by atoms with van der Waals surface area (Å²) in [5.74, 6) is -0.136. The summed E-state index contributed by atoms with van der Waals surface area (Å²) in [6.07, 6.45) is 3.06. The Balaban J connectivity index is 2.41. The van der Waals surface area contributed by atoms with Gasteiger partial charge in [0.05, 0.1) is 10.5 Å². The molecule has 21 heavy (non-hydrogen) atoms. The molecule has 0 aliphatic carbocycles. The SMILES string of the molecule is CNc1ccc([N+](=O)[O-])cc1C(=O)N1C(C)CCCC1C. The maximum Gasteiger partial charge on any atom is 0.270 e. The standard InChI is InChI=1S/C15H21N3O3/c1-10-5-4-6-11(2)17(10)15(19)13-9-12(18(20)21)7-8-14(13)16-3/h7-11,16H,4-6H2,1-3H3. The molecule has 2 atom stereocenters. The van der Waals surface area contributed by atoms with Gasteiger partial charge in [0, 0.05) is 37.0 Å². The van der Waals surface area contributed by atoms with Crippen LogP contribution in [0.25, 0.3) is 0 Å². The Labute approximate surface area is 124 Å². The zero-order valence-electron chi connectivity index (χ0n) is 12.6. The summed E-state index contributed by atoms with van der Waals surface area (Å²) < 4.78 is 0. The topological polar surface area (TPSA) is 75.5 Å². The second-order valence-electron chi connectivity index (χ2n) is 5.58. The number of carbonyl (C=O) groups excluding carboxylic acids is 1. The minimum Gasteiger partial charge on any atom is -0.387 e. The zero-order chi connectivity index (χ0) is 15.6. The fraction of sp³-hybridized carbons (Fsp3) is 0.533. The van der Waals surface area contributed by atoms with Gasteiger partial charge in [0.1, 0.15) is 0 Å². The van der Waals surface area contributed by atoms with Crippen molar-refractivity contribution in [2.45, 2.75) is 45.2 Å². The van der Waals surface area contributed by atoms with Crippen LogP contribution >= 0.6 is 0 Å². The summed E-state index contributed by atoms with van der Waals surface area (Å²) >= 11 is 0. The number of nitro benzene ring substituents is 1. The van der Waals surface area contributed by atoms with Crippen molar-refractivity contribution in [1.29, 1.82) is 0 Å². The third-order valence-corrected chi connectivity index (χ3v) is 4.14. The van der Waals surface area contributed by atoms with Crippen molar-refractivity contribution in [3.63, 3.8) is 0 Å². The molecule has 1 heterocycles. The predicted octanol–water partition coefficient (Wildman–Crippen LogP) is 3.04. The van der Waals surface area contributed by atoms with Crippen LogP contribution in [0.5, 0.6) is 0 Å². The molecule has 1 fully saturated rings. The lowest BCUT2D eigenvalue weighted by atomic mass is 9.96. The van der Waals surface area contributed by atoms with Crippen molar-refractivity contribution in [2.75, 3.05) is 12.4 Å². The number of nitrogens with one attached hydrogen (secondary N) is 1. The summed E-state index contributed by atoms with van der Waals surface area (Å²) in [5.41, 5.74) is 0.928. The fourth-order valence-corrected chi connectivity index (χ4v) is 3.00. The van der Waals surface area contributed by atoms with Crippen molar-refractivity contribution in [3.8, 4) is 0 Å². The van der Waals surface area contributed by atoms with Gasteiger partial charge in [-0.3, -0.25) is 14.9 Å². The van der Waals surface area contributed by atoms with Crippen LogP contribution in [0, 0.1) is 10.1 Å². The van der Waals surface area contributed by atoms with Crippen LogP contribution in [-0.4, -0.2) is 34.9 Å². The quantitative estimate of drug-likeness (QED) is 0.686. The Morgan fingerprint density at radius 1 is 1.33 bits per heavy atom. The van der Waals surface area contributed by atoms with Crippen LogP contribution in [-0.2, 0) is 0 Å². The minimum absolute atomic E-state index is 0.0605. The van der Waals surface area contributed by atoms with Gasteiger partial charge in [-0.15, -0.1) is 0 Å². The molecular formula is C15H21N3O3. The first-order chi connectivity index (χ1) is 9.95. The van der Waals surface area contributed by atoms with E-state index in [2.05, 4.69) is 5.32 Å². The van der Waals surface area contributed by atoms with Crippen molar-refractivity contribution in [1.82, 2.24) is 4.90 Å². The number of piperidine rings is 1. The highest BCUT2D eigenvalue weighted by atomic mass is 16.6. The lowest BCUT2D eigenvalue weighted by molar-refractivity contribution is -0.384. The molecule has 1 N–H and O–H groups in total. The Hall–Kier alpha value is -2.11. The highest BCUT2D eigenvalue weighted by molar-refractivity contribution is 6.00. The monoisotopic (exact) mass is 291 g/mol. The van der Waals surface area contributed by atoms with E-state index in [1.165, 1.54) is 12.1 Å². The molecule has 0 aromatic heterocycles. The van der Waals surface area contributed by atoms with E-state index in [-0.39, 0.29) is 23.7 Å². The first-order valence-electron chi connectivity index (χ1n) is 7.24. The van der Waals surface area contributed by atoms with E-state index in [1.54, 1.807) is 13.1 Å². The zero-order valence-corrected chi connectivity index (χ0v) is 12.6. The summed E-state index contributed by atoms with van der Waals surface area (Å²) in [7, 11) is 1.71. The van der Waals surface area contributed by atoms with Crippen LogP contribution in [0.3, 0.4) is 0 Å². The number of benzene rings is 1. The third kappa shape index (κ3) is 2.99. The van der Waals surface area contributed by atoms with Crippen LogP contribution in [0.15, 0.2) is 18.2 Å². The van der Waals surface area contributed by atoms with E-state index >= 15 is 0 Å². The normalized spacial score (nSPS) is 22.0. The maximum atomic E-state index is 12.8. The number of hydrogen-bond acceptors (Lipinski definition) is 4. The largest absolute Gasteiger partial charge is 0.387 e. The summed E-state index contributed by atoms with van der Waals surface area (Å²) in [6.45, 7) is 4.06. The van der Waals surface area contributed by atoms with Gasteiger partial charge in [0.2, 0.25) is 0 Å². The van der Waals surface area contributed by atoms with Gasteiger partial charge < -0.3 is 10.2 Å². The molecular weight excluding hydrogens is 270 g/mol. The van der Waals surface area contributed by atoms with Crippen molar-refractivity contribution >= 4 is 17.3 Å². The van der Waals surface area contributed by atoms with Crippen LogP contribution in [0.2, 0.25) is 0 Å². The predicted molar refractivity (Wildman–Crippen MR) is 81.6 cm³/mol. The number of amides is 1. The molecule has 1 aromatic rings. The van der Waals surface area contributed by atoms with Crippen molar-refractivity contribution in [2.24, 2.45) is 0 Å². The van der Waals surface area contributed by atoms with E-state index in [4.69, 9.17) is 0 Å². The lowest BCUT2D eigenvalue weighted by Crippen LogP contribution is -2.47. The van der Waals surface area contributed by atoms with Crippen LogP contribution in [0.1, 0.15) is 43.5 Å². The van der Waals surface area contributed by atoms with E-state index in [1.807, 2.05) is 18.7 Å². The number of non-ortho nitro benzene ring substituents is 1. The maximum absolute atomic E-state index is 12.8. The van der Waals surface area contributed by atoms with Crippen molar-refractivity contribution in [3.05, 3.63) is 33.9 Å². The number of hydrogen-bond donors (Lipinski definition) is 1. The number of nitrogens with zero attached hydrogens (tertiary/aromatic N) is 2. The van der Waals surface area contributed by atoms with Crippen LogP contribution < -0.4 is 5.32 Å². The highest BCUT2D eigenvalue weighted by Crippen LogP contribution is 2.29. The van der Waals surface area contributed by atoms with Gasteiger partial charge in [-0.25, -0.2) is 0 Å². The van der Waals surface area contributed by atoms with E-state index in [9.17, 15) is 14.9 Å². The number of nitro groups is 1. The average molecular weight is 291 g/mol. The van der Waals surface area contributed by atoms with Gasteiger partial charge in [-0.2, -0.15) is 0 Å². The first-order valence-corrected chi connectivity index (χ1v) is 7.24.